The number of rotatable bonds is 8. The van der Waals surface area contributed by atoms with Gasteiger partial charge in [-0.25, -0.2) is 0 Å². The fourth-order valence-electron chi connectivity index (χ4n) is 2.80. The maximum Gasteiger partial charge on any atom is 0.0728 e. The van der Waals surface area contributed by atoms with Crippen molar-refractivity contribution < 1.29 is 0 Å². The Morgan fingerprint density at radius 2 is 1.69 bits per heavy atom. The van der Waals surface area contributed by atoms with Crippen LogP contribution in [0.1, 0.15) is 5.69 Å². The Balaban J connectivity index is 1.29. The first-order chi connectivity index (χ1) is 14.2. The molecule has 2 heterocycles. The van der Waals surface area contributed by atoms with E-state index >= 15 is 0 Å². The van der Waals surface area contributed by atoms with Crippen LogP contribution >= 0.6 is 47.1 Å². The van der Waals surface area contributed by atoms with Crippen molar-refractivity contribution in [1.82, 2.24) is 14.7 Å². The molecule has 0 aliphatic heterocycles. The summed E-state index contributed by atoms with van der Waals surface area (Å²) < 4.78 is 6.75. The van der Waals surface area contributed by atoms with Gasteiger partial charge in [-0.05, 0) is 72.4 Å². The standard InChI is InChI=1S/C21H18Cl2N4S2/c22-17-8-9-19(21-20(17)18(23)13-25-21)27-29-16-6-4-15(5-7-16)28-26-12-10-14-3-1-2-11-24-14/h1-9,11,13,25-27H,10,12H2. The van der Waals surface area contributed by atoms with Gasteiger partial charge in [0.1, 0.15) is 0 Å². The van der Waals surface area contributed by atoms with E-state index in [0.29, 0.717) is 10.0 Å². The van der Waals surface area contributed by atoms with E-state index in [2.05, 4.69) is 43.7 Å². The average Bonchev–Trinajstić information content (AvgIpc) is 3.15. The van der Waals surface area contributed by atoms with Crippen molar-refractivity contribution in [2.45, 2.75) is 16.2 Å². The molecular weight excluding hydrogens is 443 g/mol. The molecule has 4 aromatic rings. The molecule has 4 rings (SSSR count). The molecule has 0 amide bonds. The lowest BCUT2D eigenvalue weighted by molar-refractivity contribution is 0.875. The number of nitrogens with zero attached hydrogens (tertiary/aromatic N) is 1. The number of aromatic nitrogens is 2. The number of hydrogen-bond acceptors (Lipinski definition) is 5. The van der Waals surface area contributed by atoms with Crippen molar-refractivity contribution >= 4 is 63.7 Å². The Hall–Kier alpha value is -1.83. The summed E-state index contributed by atoms with van der Waals surface area (Å²) in [6, 6.07) is 18.2. The third-order valence-electron chi connectivity index (χ3n) is 4.24. The minimum atomic E-state index is 0.621. The van der Waals surface area contributed by atoms with Gasteiger partial charge in [0, 0.05) is 46.2 Å². The smallest absolute Gasteiger partial charge is 0.0728 e. The molecule has 29 heavy (non-hydrogen) atoms. The number of hydrogen-bond donors (Lipinski definition) is 3. The summed E-state index contributed by atoms with van der Waals surface area (Å²) in [5, 5.41) is 2.09. The number of H-pyrrole nitrogens is 1. The number of nitrogens with one attached hydrogen (secondary N) is 3. The molecule has 8 heteroatoms. The van der Waals surface area contributed by atoms with E-state index in [1.54, 1.807) is 30.1 Å². The lowest BCUT2D eigenvalue weighted by Crippen LogP contribution is -2.09. The van der Waals surface area contributed by atoms with Gasteiger partial charge >= 0.3 is 0 Å². The van der Waals surface area contributed by atoms with Gasteiger partial charge in [0.15, 0.2) is 0 Å². The SMILES string of the molecule is Clc1ccc(NSc2ccc(SNCCc3ccccn3)cc2)c2[nH]cc(Cl)c12. The fraction of sp³-hybridized carbons (Fsp3) is 0.0952. The Labute approximate surface area is 188 Å². The summed E-state index contributed by atoms with van der Waals surface area (Å²) >= 11 is 15.6. The number of benzene rings is 2. The molecule has 0 unspecified atom stereocenters. The highest BCUT2D eigenvalue weighted by molar-refractivity contribution is 8.00. The molecule has 0 atom stereocenters. The van der Waals surface area contributed by atoms with Crippen LogP contribution in [0.25, 0.3) is 10.9 Å². The molecule has 4 nitrogen and oxygen atoms in total. The molecular formula is C21H18Cl2N4S2. The van der Waals surface area contributed by atoms with Crippen LogP contribution in [-0.2, 0) is 6.42 Å². The van der Waals surface area contributed by atoms with E-state index < -0.39 is 0 Å². The third kappa shape index (κ3) is 5.21. The minimum absolute atomic E-state index is 0.621. The van der Waals surface area contributed by atoms with Gasteiger partial charge in [-0.3, -0.25) is 9.71 Å². The maximum atomic E-state index is 6.25. The second-order valence-electron chi connectivity index (χ2n) is 6.22. The number of aromatic amines is 1. The number of anilines is 1. The molecule has 0 spiro atoms. The molecule has 148 valence electrons. The van der Waals surface area contributed by atoms with Gasteiger partial charge in [-0.1, -0.05) is 29.3 Å². The zero-order valence-corrected chi connectivity index (χ0v) is 18.4. The van der Waals surface area contributed by atoms with Gasteiger partial charge in [0.2, 0.25) is 0 Å². The van der Waals surface area contributed by atoms with E-state index in [1.165, 1.54) is 4.90 Å². The molecule has 0 aliphatic rings. The van der Waals surface area contributed by atoms with Crippen LogP contribution in [0.2, 0.25) is 10.0 Å². The highest BCUT2D eigenvalue weighted by Gasteiger charge is 2.10. The van der Waals surface area contributed by atoms with Crippen molar-refractivity contribution in [1.29, 1.82) is 0 Å². The normalized spacial score (nSPS) is 11.1. The molecule has 0 aliphatic carbocycles. The van der Waals surface area contributed by atoms with Crippen molar-refractivity contribution in [2.24, 2.45) is 0 Å². The molecule has 2 aromatic carbocycles. The first-order valence-corrected chi connectivity index (χ1v) is 11.4. The molecule has 0 saturated heterocycles. The predicted octanol–water partition coefficient (Wildman–Crippen LogP) is 6.83. The first-order valence-electron chi connectivity index (χ1n) is 8.98. The Morgan fingerprint density at radius 1 is 0.897 bits per heavy atom. The zero-order valence-electron chi connectivity index (χ0n) is 15.3. The lowest BCUT2D eigenvalue weighted by atomic mass is 10.2. The first kappa shape index (κ1) is 20.4. The van der Waals surface area contributed by atoms with Crippen LogP contribution in [-0.4, -0.2) is 16.5 Å². The van der Waals surface area contributed by atoms with Gasteiger partial charge in [-0.2, -0.15) is 0 Å². The van der Waals surface area contributed by atoms with Crippen LogP contribution in [0.15, 0.2) is 76.8 Å². The summed E-state index contributed by atoms with van der Waals surface area (Å²) in [5.74, 6) is 0. The Bertz CT molecular complexity index is 1090. The second-order valence-corrected chi connectivity index (χ2v) is 8.88. The van der Waals surface area contributed by atoms with Gasteiger partial charge in [0.05, 0.1) is 21.2 Å². The van der Waals surface area contributed by atoms with E-state index in [9.17, 15) is 0 Å². The van der Waals surface area contributed by atoms with E-state index in [1.807, 2.05) is 36.5 Å². The topological polar surface area (TPSA) is 52.7 Å². The van der Waals surface area contributed by atoms with Crippen LogP contribution in [0, 0.1) is 0 Å². The molecule has 3 N–H and O–H groups in total. The highest BCUT2D eigenvalue weighted by atomic mass is 35.5. The lowest BCUT2D eigenvalue weighted by Gasteiger charge is -2.09. The summed E-state index contributed by atoms with van der Waals surface area (Å²) in [5.41, 5.74) is 2.94. The van der Waals surface area contributed by atoms with Crippen molar-refractivity contribution in [3.63, 3.8) is 0 Å². The van der Waals surface area contributed by atoms with E-state index in [-0.39, 0.29) is 0 Å². The van der Waals surface area contributed by atoms with E-state index in [4.69, 9.17) is 23.2 Å². The third-order valence-corrected chi connectivity index (χ3v) is 6.54. The van der Waals surface area contributed by atoms with E-state index in [0.717, 1.165) is 40.1 Å². The quantitative estimate of drug-likeness (QED) is 0.198. The molecule has 0 radical (unpaired) electrons. The summed E-state index contributed by atoms with van der Waals surface area (Å²) in [7, 11) is 0. The fourth-order valence-corrected chi connectivity index (χ4v) is 4.67. The summed E-state index contributed by atoms with van der Waals surface area (Å²) in [4.78, 5) is 9.79. The van der Waals surface area contributed by atoms with Gasteiger partial charge in [-0.15, -0.1) is 0 Å². The Kier molecular flexibility index (Phi) is 6.90. The number of halogens is 2. The van der Waals surface area contributed by atoms with Crippen LogP contribution in [0.5, 0.6) is 0 Å². The van der Waals surface area contributed by atoms with Crippen molar-refractivity contribution in [3.05, 3.63) is 82.7 Å². The summed E-state index contributed by atoms with van der Waals surface area (Å²) in [6.45, 7) is 0.866. The van der Waals surface area contributed by atoms with Crippen LogP contribution in [0.4, 0.5) is 5.69 Å². The highest BCUT2D eigenvalue weighted by Crippen LogP contribution is 2.36. The largest absolute Gasteiger partial charge is 0.358 e. The predicted molar refractivity (Wildman–Crippen MR) is 126 cm³/mol. The van der Waals surface area contributed by atoms with Gasteiger partial charge < -0.3 is 9.71 Å². The average molecular weight is 461 g/mol. The minimum Gasteiger partial charge on any atom is -0.358 e. The zero-order chi connectivity index (χ0) is 20.1. The van der Waals surface area contributed by atoms with Crippen molar-refractivity contribution in [2.75, 3.05) is 11.3 Å². The molecule has 0 saturated carbocycles. The summed E-state index contributed by atoms with van der Waals surface area (Å²) in [6.07, 6.45) is 4.48. The maximum absolute atomic E-state index is 6.25. The molecule has 0 bridgehead atoms. The number of pyridine rings is 1. The molecule has 0 fully saturated rings. The number of fused-ring (bicyclic) bond motifs is 1. The van der Waals surface area contributed by atoms with Crippen molar-refractivity contribution in [3.8, 4) is 0 Å². The molecule has 2 aromatic heterocycles. The van der Waals surface area contributed by atoms with Crippen LogP contribution < -0.4 is 9.44 Å². The second kappa shape index (κ2) is 9.78. The van der Waals surface area contributed by atoms with Gasteiger partial charge in [0.25, 0.3) is 0 Å². The Morgan fingerprint density at radius 3 is 2.45 bits per heavy atom. The van der Waals surface area contributed by atoms with Crippen LogP contribution in [0.3, 0.4) is 0 Å². The monoisotopic (exact) mass is 460 g/mol.